The van der Waals surface area contributed by atoms with Crippen molar-refractivity contribution in [2.75, 3.05) is 25.4 Å². The summed E-state index contributed by atoms with van der Waals surface area (Å²) in [5, 5.41) is 4.97. The predicted molar refractivity (Wildman–Crippen MR) is 68.9 cm³/mol. The van der Waals surface area contributed by atoms with Gasteiger partial charge in [-0.15, -0.1) is 0 Å². The minimum Gasteiger partial charge on any atom is -0.362 e. The van der Waals surface area contributed by atoms with Crippen molar-refractivity contribution in [3.05, 3.63) is 0 Å². The molecule has 0 saturated carbocycles. The predicted octanol–water partition coefficient (Wildman–Crippen LogP) is 1.95. The Morgan fingerprint density at radius 2 is 2.36 bits per heavy atom. The Bertz CT molecular complexity index is 195. The fourth-order valence-corrected chi connectivity index (χ4v) is 2.67. The average molecular weight is 232 g/mol. The van der Waals surface area contributed by atoms with E-state index in [1.807, 2.05) is 11.8 Å². The van der Waals surface area contributed by atoms with Gasteiger partial charge < -0.3 is 10.2 Å². The Morgan fingerprint density at radius 1 is 1.64 bits per heavy atom. The van der Waals surface area contributed by atoms with E-state index < -0.39 is 0 Å². The molecule has 4 heteroatoms. The van der Waals surface area contributed by atoms with E-state index in [1.165, 1.54) is 5.75 Å². The number of thioether (sulfide) groups is 1. The van der Waals surface area contributed by atoms with Crippen LogP contribution in [0.15, 0.2) is 0 Å². The first kappa shape index (κ1) is 12.1. The van der Waals surface area contributed by atoms with Gasteiger partial charge in [-0.1, -0.05) is 20.8 Å². The van der Waals surface area contributed by atoms with E-state index >= 15 is 0 Å². The molecule has 1 unspecified atom stereocenters. The minimum atomic E-state index is 0.657. The zero-order valence-electron chi connectivity index (χ0n) is 9.25. The van der Waals surface area contributed by atoms with Crippen LogP contribution in [0.4, 0.5) is 0 Å². The molecule has 2 nitrogen and oxygen atoms in total. The summed E-state index contributed by atoms with van der Waals surface area (Å²) < 4.78 is 0. The molecule has 1 aliphatic heterocycles. The summed E-state index contributed by atoms with van der Waals surface area (Å²) in [5.41, 5.74) is 0. The number of rotatable bonds is 2. The molecule has 0 radical (unpaired) electrons. The van der Waals surface area contributed by atoms with Crippen LogP contribution in [0.1, 0.15) is 20.8 Å². The zero-order valence-corrected chi connectivity index (χ0v) is 10.9. The lowest BCUT2D eigenvalue weighted by atomic mass is 10.2. The van der Waals surface area contributed by atoms with Crippen molar-refractivity contribution in [2.24, 2.45) is 5.92 Å². The largest absolute Gasteiger partial charge is 0.362 e. The van der Waals surface area contributed by atoms with Crippen molar-refractivity contribution in [2.45, 2.75) is 26.0 Å². The third kappa shape index (κ3) is 4.05. The number of thiocarbonyl (C=S) groups is 1. The van der Waals surface area contributed by atoms with Crippen LogP contribution in [-0.4, -0.2) is 40.6 Å². The zero-order chi connectivity index (χ0) is 10.6. The first-order valence-electron chi connectivity index (χ1n) is 5.24. The fourth-order valence-electron chi connectivity index (χ4n) is 1.41. The second-order valence-electron chi connectivity index (χ2n) is 4.21. The van der Waals surface area contributed by atoms with Gasteiger partial charge in [-0.25, -0.2) is 0 Å². The first-order chi connectivity index (χ1) is 6.59. The van der Waals surface area contributed by atoms with Crippen molar-refractivity contribution in [1.82, 2.24) is 10.2 Å². The monoisotopic (exact) mass is 232 g/mol. The van der Waals surface area contributed by atoms with E-state index in [0.29, 0.717) is 11.2 Å². The molecule has 14 heavy (non-hydrogen) atoms. The van der Waals surface area contributed by atoms with Gasteiger partial charge in [0.2, 0.25) is 0 Å². The van der Waals surface area contributed by atoms with Gasteiger partial charge in [-0.05, 0) is 18.1 Å². The van der Waals surface area contributed by atoms with Crippen LogP contribution in [0.3, 0.4) is 0 Å². The highest BCUT2D eigenvalue weighted by Gasteiger charge is 2.18. The topological polar surface area (TPSA) is 15.3 Å². The van der Waals surface area contributed by atoms with E-state index in [2.05, 4.69) is 31.0 Å². The number of hydrogen-bond donors (Lipinski definition) is 1. The summed E-state index contributed by atoms with van der Waals surface area (Å²) in [5.74, 6) is 1.86. The van der Waals surface area contributed by atoms with Crippen LogP contribution in [0.2, 0.25) is 0 Å². The van der Waals surface area contributed by atoms with Crippen LogP contribution in [-0.2, 0) is 0 Å². The van der Waals surface area contributed by atoms with Crippen molar-refractivity contribution in [3.8, 4) is 0 Å². The molecule has 1 N–H and O–H groups in total. The van der Waals surface area contributed by atoms with Crippen LogP contribution < -0.4 is 5.32 Å². The molecule has 1 fully saturated rings. The first-order valence-corrected chi connectivity index (χ1v) is 6.69. The number of hydrogen-bond acceptors (Lipinski definition) is 2. The van der Waals surface area contributed by atoms with Gasteiger partial charge >= 0.3 is 0 Å². The van der Waals surface area contributed by atoms with Crippen molar-refractivity contribution in [1.29, 1.82) is 0 Å². The Morgan fingerprint density at radius 3 is 2.93 bits per heavy atom. The Labute approximate surface area is 96.8 Å². The van der Waals surface area contributed by atoms with E-state index in [9.17, 15) is 0 Å². The average Bonchev–Trinajstić information content (AvgIpc) is 2.14. The van der Waals surface area contributed by atoms with Gasteiger partial charge in [0.15, 0.2) is 5.11 Å². The molecule has 0 spiro atoms. The lowest BCUT2D eigenvalue weighted by Gasteiger charge is -2.33. The van der Waals surface area contributed by atoms with Gasteiger partial charge in [-0.2, -0.15) is 11.8 Å². The molecule has 0 aliphatic carbocycles. The molecule has 1 saturated heterocycles. The number of nitrogens with one attached hydrogen (secondary N) is 1. The van der Waals surface area contributed by atoms with Crippen molar-refractivity contribution >= 4 is 29.1 Å². The van der Waals surface area contributed by atoms with Gasteiger partial charge in [-0.3, -0.25) is 0 Å². The minimum absolute atomic E-state index is 0.657. The van der Waals surface area contributed by atoms with Gasteiger partial charge in [0, 0.05) is 30.6 Å². The molecule has 1 aliphatic rings. The molecule has 0 aromatic heterocycles. The van der Waals surface area contributed by atoms with Gasteiger partial charge in [0.1, 0.15) is 0 Å². The highest BCUT2D eigenvalue weighted by atomic mass is 32.2. The van der Waals surface area contributed by atoms with Crippen LogP contribution >= 0.6 is 24.0 Å². The SMILES string of the molecule is CC(C)CNC(=S)N1CCSC(C)C1. The Hall–Kier alpha value is 0.0400. The van der Waals surface area contributed by atoms with Crippen LogP contribution in [0, 0.1) is 5.92 Å². The highest BCUT2D eigenvalue weighted by molar-refractivity contribution is 8.00. The molecule has 82 valence electrons. The molecule has 0 aromatic carbocycles. The van der Waals surface area contributed by atoms with E-state index in [1.54, 1.807) is 0 Å². The maximum absolute atomic E-state index is 5.35. The second kappa shape index (κ2) is 5.81. The maximum atomic E-state index is 5.35. The summed E-state index contributed by atoms with van der Waals surface area (Å²) in [6, 6.07) is 0. The highest BCUT2D eigenvalue weighted by Crippen LogP contribution is 2.17. The summed E-state index contributed by atoms with van der Waals surface area (Å²) >= 11 is 7.39. The van der Waals surface area contributed by atoms with Crippen molar-refractivity contribution in [3.63, 3.8) is 0 Å². The fraction of sp³-hybridized carbons (Fsp3) is 0.900. The Balaban J connectivity index is 2.29. The number of nitrogens with zero attached hydrogens (tertiary/aromatic N) is 1. The van der Waals surface area contributed by atoms with Gasteiger partial charge in [0.05, 0.1) is 0 Å². The quantitative estimate of drug-likeness (QED) is 0.732. The molecule has 0 aromatic rings. The van der Waals surface area contributed by atoms with Crippen LogP contribution in [0.5, 0.6) is 0 Å². The van der Waals surface area contributed by atoms with Gasteiger partial charge in [0.25, 0.3) is 0 Å². The molecular weight excluding hydrogens is 212 g/mol. The van der Waals surface area contributed by atoms with E-state index in [4.69, 9.17) is 12.2 Å². The van der Waals surface area contributed by atoms with Crippen LogP contribution in [0.25, 0.3) is 0 Å². The van der Waals surface area contributed by atoms with Crippen molar-refractivity contribution < 1.29 is 0 Å². The summed E-state index contributed by atoms with van der Waals surface area (Å²) in [6.07, 6.45) is 0. The lowest BCUT2D eigenvalue weighted by molar-refractivity contribution is 0.423. The van der Waals surface area contributed by atoms with E-state index in [0.717, 1.165) is 24.7 Å². The Kier molecular flexibility index (Phi) is 5.02. The standard InChI is InChI=1S/C10H20N2S2/c1-8(2)6-11-10(13)12-4-5-14-9(3)7-12/h8-9H,4-7H2,1-3H3,(H,11,13). The maximum Gasteiger partial charge on any atom is 0.169 e. The summed E-state index contributed by atoms with van der Waals surface area (Å²) in [4.78, 5) is 2.29. The smallest absolute Gasteiger partial charge is 0.169 e. The molecule has 0 amide bonds. The molecule has 0 bridgehead atoms. The lowest BCUT2D eigenvalue weighted by Crippen LogP contribution is -2.47. The summed E-state index contributed by atoms with van der Waals surface area (Å²) in [7, 11) is 0. The second-order valence-corrected chi connectivity index (χ2v) is 6.14. The third-order valence-corrected chi connectivity index (χ3v) is 3.73. The van der Waals surface area contributed by atoms with E-state index in [-0.39, 0.29) is 0 Å². The normalized spacial score (nSPS) is 22.6. The summed E-state index contributed by atoms with van der Waals surface area (Å²) in [6.45, 7) is 9.83. The molecular formula is C10H20N2S2. The molecule has 1 heterocycles. The third-order valence-electron chi connectivity index (χ3n) is 2.19. The molecule has 1 rings (SSSR count). The molecule has 1 atom stereocenters.